The van der Waals surface area contributed by atoms with Gasteiger partial charge >= 0.3 is 5.69 Å². The lowest BCUT2D eigenvalue weighted by atomic mass is 10.0. The Bertz CT molecular complexity index is 867. The van der Waals surface area contributed by atoms with Crippen LogP contribution in [0.25, 0.3) is 11.0 Å². The van der Waals surface area contributed by atoms with Gasteiger partial charge in [-0.25, -0.2) is 9.78 Å². The molecule has 2 aromatic rings. The summed E-state index contributed by atoms with van der Waals surface area (Å²) in [5.41, 5.74) is 0.0694. The minimum absolute atomic E-state index is 0.0584. The first-order valence-electron chi connectivity index (χ1n) is 6.67. The molecule has 8 heteroatoms. The molecule has 2 heterocycles. The standard InChI is InChI=1S/C14H17N3O4S/c1-7(2)8-5-15-12-10(11(8)22-6-9(18)19)13(20)17(4)14(21)16(12)3/h5,7H,6H2,1-4H3,(H,18,19)/p-1. The van der Waals surface area contributed by atoms with Gasteiger partial charge in [0.2, 0.25) is 0 Å². The third-order valence-corrected chi connectivity index (χ3v) is 4.51. The Morgan fingerprint density at radius 2 is 1.95 bits per heavy atom. The van der Waals surface area contributed by atoms with Crippen LogP contribution in [0.15, 0.2) is 20.7 Å². The molecule has 118 valence electrons. The second-order valence-electron chi connectivity index (χ2n) is 5.26. The van der Waals surface area contributed by atoms with Gasteiger partial charge in [0, 0.05) is 30.9 Å². The number of aromatic nitrogens is 3. The van der Waals surface area contributed by atoms with Gasteiger partial charge in [-0.05, 0) is 11.5 Å². The maximum Gasteiger partial charge on any atom is 0.332 e. The fourth-order valence-corrected chi connectivity index (χ4v) is 3.26. The first-order chi connectivity index (χ1) is 10.3. The van der Waals surface area contributed by atoms with Gasteiger partial charge in [-0.1, -0.05) is 13.8 Å². The Hall–Kier alpha value is -2.09. The van der Waals surface area contributed by atoms with Gasteiger partial charge in [-0.15, -0.1) is 11.8 Å². The number of pyridine rings is 1. The number of fused-ring (bicyclic) bond motifs is 1. The Kier molecular flexibility index (Phi) is 4.41. The van der Waals surface area contributed by atoms with Crippen molar-refractivity contribution in [2.45, 2.75) is 24.7 Å². The van der Waals surface area contributed by atoms with Crippen LogP contribution in [0.4, 0.5) is 0 Å². The Balaban J connectivity index is 2.92. The summed E-state index contributed by atoms with van der Waals surface area (Å²) in [6, 6.07) is 0. The summed E-state index contributed by atoms with van der Waals surface area (Å²) in [7, 11) is 2.92. The summed E-state index contributed by atoms with van der Waals surface area (Å²) in [4.78, 5) is 40.0. The smallest absolute Gasteiger partial charge is 0.332 e. The van der Waals surface area contributed by atoms with Crippen molar-refractivity contribution in [2.75, 3.05) is 5.75 Å². The quantitative estimate of drug-likeness (QED) is 0.710. The normalized spacial score (nSPS) is 11.3. The van der Waals surface area contributed by atoms with E-state index in [0.717, 1.165) is 21.9 Å². The van der Waals surface area contributed by atoms with Crippen LogP contribution < -0.4 is 16.4 Å². The first-order valence-corrected chi connectivity index (χ1v) is 7.65. The van der Waals surface area contributed by atoms with Crippen LogP contribution in [0.5, 0.6) is 0 Å². The maximum absolute atomic E-state index is 12.5. The maximum atomic E-state index is 12.5. The van der Waals surface area contributed by atoms with E-state index in [1.54, 1.807) is 6.20 Å². The number of carbonyl (C=O) groups excluding carboxylic acids is 1. The van der Waals surface area contributed by atoms with Gasteiger partial charge in [0.05, 0.1) is 11.4 Å². The lowest BCUT2D eigenvalue weighted by Gasteiger charge is -2.16. The van der Waals surface area contributed by atoms with E-state index in [9.17, 15) is 19.5 Å². The van der Waals surface area contributed by atoms with Crippen molar-refractivity contribution in [3.63, 3.8) is 0 Å². The van der Waals surface area contributed by atoms with Gasteiger partial charge in [-0.2, -0.15) is 0 Å². The van der Waals surface area contributed by atoms with Crippen molar-refractivity contribution in [1.29, 1.82) is 0 Å². The number of rotatable bonds is 4. The average molecular weight is 322 g/mol. The molecule has 0 unspecified atom stereocenters. The molecule has 0 saturated heterocycles. The second-order valence-corrected chi connectivity index (χ2v) is 6.25. The van der Waals surface area contributed by atoms with E-state index in [1.165, 1.54) is 18.7 Å². The molecule has 0 bridgehead atoms. The van der Waals surface area contributed by atoms with Crippen molar-refractivity contribution in [3.8, 4) is 0 Å². The minimum Gasteiger partial charge on any atom is -0.549 e. The van der Waals surface area contributed by atoms with E-state index in [2.05, 4.69) is 4.98 Å². The van der Waals surface area contributed by atoms with Crippen LogP contribution >= 0.6 is 11.8 Å². The number of thioether (sulfide) groups is 1. The van der Waals surface area contributed by atoms with Crippen LogP contribution in [-0.2, 0) is 18.9 Å². The summed E-state index contributed by atoms with van der Waals surface area (Å²) in [5, 5.41) is 11.0. The van der Waals surface area contributed by atoms with E-state index in [-0.39, 0.29) is 22.7 Å². The van der Waals surface area contributed by atoms with Crippen LogP contribution in [0.2, 0.25) is 0 Å². The van der Waals surface area contributed by atoms with E-state index >= 15 is 0 Å². The highest BCUT2D eigenvalue weighted by molar-refractivity contribution is 8.00. The molecule has 2 rings (SSSR count). The number of carbonyl (C=O) groups is 1. The highest BCUT2D eigenvalue weighted by Gasteiger charge is 2.18. The summed E-state index contributed by atoms with van der Waals surface area (Å²) in [6.07, 6.45) is 1.59. The number of aliphatic carboxylic acids is 1. The minimum atomic E-state index is -1.22. The molecule has 7 nitrogen and oxygen atoms in total. The van der Waals surface area contributed by atoms with Crippen LogP contribution in [0, 0.1) is 0 Å². The van der Waals surface area contributed by atoms with E-state index in [1.807, 2.05) is 13.8 Å². The van der Waals surface area contributed by atoms with Crippen LogP contribution in [-0.4, -0.2) is 25.8 Å². The SMILES string of the molecule is CC(C)c1cnc2c(c1SCC(=O)[O-])c(=O)n(C)c(=O)n2C. The number of carboxylic acids is 1. The molecule has 22 heavy (non-hydrogen) atoms. The topological polar surface area (TPSA) is 97.0 Å². The van der Waals surface area contributed by atoms with Gasteiger partial charge in [0.1, 0.15) is 5.65 Å². The fourth-order valence-electron chi connectivity index (χ4n) is 2.21. The molecule has 0 aliphatic rings. The molecule has 0 fully saturated rings. The monoisotopic (exact) mass is 322 g/mol. The molecule has 0 aromatic carbocycles. The van der Waals surface area contributed by atoms with E-state index in [0.29, 0.717) is 4.90 Å². The first kappa shape index (κ1) is 16.3. The van der Waals surface area contributed by atoms with Crippen LogP contribution in [0.1, 0.15) is 25.3 Å². The molecule has 0 spiro atoms. The molecular formula is C14H16N3O4S-. The van der Waals surface area contributed by atoms with Crippen molar-refractivity contribution < 1.29 is 9.90 Å². The van der Waals surface area contributed by atoms with Crippen LogP contribution in [0.3, 0.4) is 0 Å². The molecule has 0 atom stereocenters. The Morgan fingerprint density at radius 3 is 2.50 bits per heavy atom. The highest BCUT2D eigenvalue weighted by Crippen LogP contribution is 2.32. The van der Waals surface area contributed by atoms with Gasteiger partial charge in [0.25, 0.3) is 5.56 Å². The second kappa shape index (κ2) is 5.96. The van der Waals surface area contributed by atoms with Gasteiger partial charge < -0.3 is 9.90 Å². The number of nitrogens with zero attached hydrogens (tertiary/aromatic N) is 3. The Labute approximate surface area is 130 Å². The summed E-state index contributed by atoms with van der Waals surface area (Å²) >= 11 is 1.02. The van der Waals surface area contributed by atoms with Crippen molar-refractivity contribution in [2.24, 2.45) is 14.1 Å². The van der Waals surface area contributed by atoms with Crippen molar-refractivity contribution in [1.82, 2.24) is 14.1 Å². The zero-order valence-electron chi connectivity index (χ0n) is 12.7. The molecule has 0 aliphatic carbocycles. The summed E-state index contributed by atoms with van der Waals surface area (Å²) in [6.45, 7) is 3.86. The molecular weight excluding hydrogens is 306 g/mol. The Morgan fingerprint density at radius 1 is 1.32 bits per heavy atom. The van der Waals surface area contributed by atoms with Gasteiger partial charge in [-0.3, -0.25) is 13.9 Å². The van der Waals surface area contributed by atoms with Gasteiger partial charge in [0.15, 0.2) is 0 Å². The number of hydrogen-bond donors (Lipinski definition) is 0. The zero-order chi connectivity index (χ0) is 16.6. The molecule has 0 saturated carbocycles. The number of aryl methyl sites for hydroxylation is 1. The summed E-state index contributed by atoms with van der Waals surface area (Å²) in [5.74, 6) is -1.43. The lowest BCUT2D eigenvalue weighted by molar-refractivity contribution is -0.301. The largest absolute Gasteiger partial charge is 0.549 e. The fraction of sp³-hybridized carbons (Fsp3) is 0.429. The predicted octanol–water partition coefficient (Wildman–Crippen LogP) is -0.402. The van der Waals surface area contributed by atoms with E-state index in [4.69, 9.17) is 0 Å². The summed E-state index contributed by atoms with van der Waals surface area (Å²) < 4.78 is 2.28. The predicted molar refractivity (Wildman–Crippen MR) is 82.0 cm³/mol. The molecule has 2 aromatic heterocycles. The number of hydrogen-bond acceptors (Lipinski definition) is 6. The number of carboxylic acid groups (broad SMARTS) is 1. The third kappa shape index (κ3) is 2.66. The van der Waals surface area contributed by atoms with E-state index < -0.39 is 17.2 Å². The molecule has 0 N–H and O–H groups in total. The van der Waals surface area contributed by atoms with Crippen molar-refractivity contribution >= 4 is 28.8 Å². The zero-order valence-corrected chi connectivity index (χ0v) is 13.6. The lowest BCUT2D eigenvalue weighted by Crippen LogP contribution is -2.37. The third-order valence-electron chi connectivity index (χ3n) is 3.41. The molecule has 0 radical (unpaired) electrons. The highest BCUT2D eigenvalue weighted by atomic mass is 32.2. The molecule has 0 aliphatic heterocycles. The molecule has 0 amide bonds. The van der Waals surface area contributed by atoms with Crippen molar-refractivity contribution in [3.05, 3.63) is 32.6 Å². The average Bonchev–Trinajstić information content (AvgIpc) is 2.47.